The predicted octanol–water partition coefficient (Wildman–Crippen LogP) is 2.29. The molecule has 0 bridgehead atoms. The normalized spacial score (nSPS) is 29.9. The molecule has 10 atom stereocenters. The van der Waals surface area contributed by atoms with E-state index in [0.29, 0.717) is 31.0 Å². The molecule has 1 amide bonds. The van der Waals surface area contributed by atoms with Gasteiger partial charge in [0.05, 0.1) is 26.2 Å². The Labute approximate surface area is 344 Å². The molecule has 4 unspecified atom stereocenters. The molecule has 4 aliphatic rings. The quantitative estimate of drug-likeness (QED) is 0.0734. The van der Waals surface area contributed by atoms with E-state index in [-0.39, 0.29) is 92.4 Å². The molecule has 4 rings (SSSR count). The molecule has 0 heterocycles. The van der Waals surface area contributed by atoms with Crippen LogP contribution in [0.4, 0.5) is 0 Å². The van der Waals surface area contributed by atoms with Gasteiger partial charge in [-0.25, -0.2) is 0 Å². The molecule has 0 spiro atoms. The highest BCUT2D eigenvalue weighted by atomic mass is 16.4. The Kier molecular flexibility index (Phi) is 16.4. The molecule has 0 aromatic rings. The van der Waals surface area contributed by atoms with Gasteiger partial charge in [0.1, 0.15) is 11.8 Å². The summed E-state index contributed by atoms with van der Waals surface area (Å²) in [4.78, 5) is 101. The highest BCUT2D eigenvalue weighted by Crippen LogP contribution is 2.67. The zero-order valence-corrected chi connectivity index (χ0v) is 34.6. The van der Waals surface area contributed by atoms with E-state index in [9.17, 15) is 69.0 Å². The van der Waals surface area contributed by atoms with Gasteiger partial charge in [-0.3, -0.25) is 53.1 Å². The molecule has 4 saturated carbocycles. The fraction of sp³-hybridized carbons (Fsp3) is 0.805. The first-order valence-corrected chi connectivity index (χ1v) is 21.0. The number of ketones is 1. The second-order valence-corrected chi connectivity index (χ2v) is 18.1. The first kappa shape index (κ1) is 47.5. The lowest BCUT2D eigenvalue weighted by Gasteiger charge is -2.60. The Morgan fingerprint density at radius 2 is 1.25 bits per heavy atom. The summed E-state index contributed by atoms with van der Waals surface area (Å²) in [5.41, 5.74) is -0.517. The lowest BCUT2D eigenvalue weighted by Crippen LogP contribution is -2.58. The SMILES string of the molecule is CC(CCC(=O)O)[C@H]1CCC2C3CC[C@@H]4C[C@@H](NC(=O)CC[C@@H](C(=O)O)N(CCN(CC(=O)O)CC(=O)O)CCN(CC(=O)O)CC(=O)O)CC[C@]4(C)C3CC(=O)[C@@]21C. The van der Waals surface area contributed by atoms with Crippen molar-refractivity contribution >= 4 is 47.5 Å². The largest absolute Gasteiger partial charge is 0.481 e. The molecule has 0 saturated heterocycles. The highest BCUT2D eigenvalue weighted by molar-refractivity contribution is 5.87. The molecule has 4 fully saturated rings. The van der Waals surface area contributed by atoms with E-state index < -0.39 is 73.5 Å². The van der Waals surface area contributed by atoms with Gasteiger partial charge in [0.25, 0.3) is 0 Å². The van der Waals surface area contributed by atoms with Crippen LogP contribution < -0.4 is 5.32 Å². The van der Waals surface area contributed by atoms with Crippen molar-refractivity contribution in [3.05, 3.63) is 0 Å². The molecule has 0 aromatic heterocycles. The number of nitrogens with zero attached hydrogens (tertiary/aromatic N) is 3. The smallest absolute Gasteiger partial charge is 0.320 e. The number of rotatable bonds is 24. The molecule has 4 aliphatic carbocycles. The van der Waals surface area contributed by atoms with Gasteiger partial charge >= 0.3 is 35.8 Å². The number of carbonyl (C=O) groups excluding carboxylic acids is 2. The molecule has 332 valence electrons. The Morgan fingerprint density at radius 3 is 1.76 bits per heavy atom. The van der Waals surface area contributed by atoms with Crippen LogP contribution in [-0.4, -0.2) is 157 Å². The summed E-state index contributed by atoms with van der Waals surface area (Å²) in [5, 5.41) is 59.8. The Hall–Kier alpha value is -4.16. The second-order valence-electron chi connectivity index (χ2n) is 18.1. The fourth-order valence-corrected chi connectivity index (χ4v) is 11.8. The van der Waals surface area contributed by atoms with Gasteiger partial charge in [0.2, 0.25) is 5.91 Å². The third-order valence-electron chi connectivity index (χ3n) is 14.7. The Balaban J connectivity index is 1.39. The number of Topliss-reactive ketones (excluding diaryl/α,β-unsaturated/α-hetero) is 1. The van der Waals surface area contributed by atoms with Crippen molar-refractivity contribution in [3.8, 4) is 0 Å². The average molecular weight is 837 g/mol. The van der Waals surface area contributed by atoms with E-state index in [2.05, 4.69) is 26.1 Å². The molecule has 7 N–H and O–H groups in total. The summed E-state index contributed by atoms with van der Waals surface area (Å²) >= 11 is 0. The molecule has 0 aromatic carbocycles. The maximum Gasteiger partial charge on any atom is 0.320 e. The van der Waals surface area contributed by atoms with Crippen LogP contribution in [0, 0.1) is 46.3 Å². The molecular formula is C41H64N4O14. The van der Waals surface area contributed by atoms with Gasteiger partial charge in [-0.1, -0.05) is 20.8 Å². The standard InChI is InChI=1S/C41H64N4O14/c1-24(4-11-34(48)49)28-7-8-29-27-6-5-25-18-26(12-13-40(25,2)30(27)19-32(46)41(28,29)3)42-33(47)10-9-31(39(58)59)45(16-14-43(20-35(50)51)21-36(52)53)17-15-44(22-37(54)55)23-38(56)57/h24-31H,4-23H2,1-3H3,(H,42,47)(H,48,49)(H,50,51)(H,52,53)(H,54,55)(H,56,57)(H,58,59)/t24?,25-,26+,27?,28-,29?,30?,31+,40+,41-/m1/s1. The number of carboxylic acids is 6. The van der Waals surface area contributed by atoms with Gasteiger partial charge in [-0.05, 0) is 98.7 Å². The van der Waals surface area contributed by atoms with E-state index in [0.717, 1.165) is 48.3 Å². The zero-order chi connectivity index (χ0) is 43.8. The molecule has 18 nitrogen and oxygen atoms in total. The van der Waals surface area contributed by atoms with Crippen molar-refractivity contribution in [2.45, 2.75) is 110 Å². The van der Waals surface area contributed by atoms with Crippen LogP contribution in [0.1, 0.15) is 97.8 Å². The van der Waals surface area contributed by atoms with Crippen LogP contribution in [0.2, 0.25) is 0 Å². The van der Waals surface area contributed by atoms with Crippen LogP contribution in [-0.2, 0) is 38.4 Å². The highest BCUT2D eigenvalue weighted by Gasteiger charge is 2.64. The summed E-state index contributed by atoms with van der Waals surface area (Å²) < 4.78 is 0. The monoisotopic (exact) mass is 836 g/mol. The van der Waals surface area contributed by atoms with Crippen LogP contribution in [0.3, 0.4) is 0 Å². The Bertz CT molecular complexity index is 1520. The lowest BCUT2D eigenvalue weighted by molar-refractivity contribution is -0.158. The second kappa shape index (κ2) is 20.4. The lowest BCUT2D eigenvalue weighted by atomic mass is 9.44. The predicted molar refractivity (Wildman–Crippen MR) is 209 cm³/mol. The molecule has 18 heteroatoms. The van der Waals surface area contributed by atoms with E-state index >= 15 is 0 Å². The number of aliphatic carboxylic acids is 6. The third kappa shape index (κ3) is 12.0. The fourth-order valence-electron chi connectivity index (χ4n) is 11.8. The first-order chi connectivity index (χ1) is 27.6. The minimum Gasteiger partial charge on any atom is -0.481 e. The van der Waals surface area contributed by atoms with Gasteiger partial charge in [0, 0.05) is 56.9 Å². The summed E-state index contributed by atoms with van der Waals surface area (Å²) in [6, 6.07) is -1.46. The average Bonchev–Trinajstić information content (AvgIpc) is 3.49. The van der Waals surface area contributed by atoms with Crippen molar-refractivity contribution in [2.24, 2.45) is 46.3 Å². The van der Waals surface area contributed by atoms with Crippen LogP contribution in [0.5, 0.6) is 0 Å². The number of hydrogen-bond acceptors (Lipinski definition) is 11. The van der Waals surface area contributed by atoms with Gasteiger partial charge in [-0.15, -0.1) is 0 Å². The van der Waals surface area contributed by atoms with E-state index in [1.165, 1.54) is 4.90 Å². The zero-order valence-electron chi connectivity index (χ0n) is 34.6. The maximum atomic E-state index is 14.2. The molecule has 0 radical (unpaired) electrons. The minimum atomic E-state index is -1.32. The summed E-state index contributed by atoms with van der Waals surface area (Å²) in [7, 11) is 0. The van der Waals surface area contributed by atoms with E-state index in [1.807, 2.05) is 0 Å². The van der Waals surface area contributed by atoms with Crippen LogP contribution >= 0.6 is 0 Å². The van der Waals surface area contributed by atoms with Crippen LogP contribution in [0.25, 0.3) is 0 Å². The number of carboxylic acid groups (broad SMARTS) is 6. The summed E-state index contributed by atoms with van der Waals surface area (Å²) in [5.74, 6) is -5.82. The number of hydrogen-bond donors (Lipinski definition) is 7. The number of carbonyl (C=O) groups is 8. The van der Waals surface area contributed by atoms with Crippen molar-refractivity contribution in [1.29, 1.82) is 0 Å². The van der Waals surface area contributed by atoms with Gasteiger partial charge < -0.3 is 36.0 Å². The van der Waals surface area contributed by atoms with Crippen molar-refractivity contribution in [1.82, 2.24) is 20.0 Å². The minimum absolute atomic E-state index is 0.0760. The van der Waals surface area contributed by atoms with Gasteiger partial charge in [0.15, 0.2) is 0 Å². The van der Waals surface area contributed by atoms with Crippen molar-refractivity contribution in [3.63, 3.8) is 0 Å². The van der Waals surface area contributed by atoms with E-state index in [4.69, 9.17) is 0 Å². The summed E-state index contributed by atoms with van der Waals surface area (Å²) in [6.07, 6.45) is 6.98. The Morgan fingerprint density at radius 1 is 0.695 bits per heavy atom. The third-order valence-corrected chi connectivity index (χ3v) is 14.7. The molecule has 59 heavy (non-hydrogen) atoms. The number of amides is 1. The first-order valence-electron chi connectivity index (χ1n) is 21.0. The maximum absolute atomic E-state index is 14.2. The van der Waals surface area contributed by atoms with E-state index in [1.54, 1.807) is 0 Å². The van der Waals surface area contributed by atoms with Crippen molar-refractivity contribution in [2.75, 3.05) is 52.4 Å². The number of fused-ring (bicyclic) bond motifs is 5. The van der Waals surface area contributed by atoms with Crippen LogP contribution in [0.15, 0.2) is 0 Å². The summed E-state index contributed by atoms with van der Waals surface area (Å²) in [6.45, 7) is 3.29. The topological polar surface area (TPSA) is 280 Å². The van der Waals surface area contributed by atoms with Gasteiger partial charge in [-0.2, -0.15) is 0 Å². The number of nitrogens with one attached hydrogen (secondary N) is 1. The molecule has 0 aliphatic heterocycles. The molecular weight excluding hydrogens is 772 g/mol. The van der Waals surface area contributed by atoms with Crippen molar-refractivity contribution < 1.29 is 69.0 Å².